The van der Waals surface area contributed by atoms with E-state index in [1.807, 2.05) is 57.4 Å². The first-order valence-electron chi connectivity index (χ1n) is 9.48. The van der Waals surface area contributed by atoms with Crippen molar-refractivity contribution in [2.75, 3.05) is 32.4 Å². The van der Waals surface area contributed by atoms with E-state index in [1.54, 1.807) is 9.80 Å². The molecule has 2 amide bonds. The third kappa shape index (κ3) is 4.19. The monoisotopic (exact) mass is 398 g/mol. The first-order chi connectivity index (χ1) is 13.4. The molecule has 0 unspecified atom stereocenters. The van der Waals surface area contributed by atoms with Gasteiger partial charge >= 0.3 is 0 Å². The minimum atomic E-state index is -0.0519. The predicted octanol–water partition coefficient (Wildman–Crippen LogP) is 3.23. The Kier molecular flexibility index (Phi) is 6.34. The Labute approximate surface area is 170 Å². The second-order valence-corrected chi connectivity index (χ2v) is 7.95. The van der Waals surface area contributed by atoms with Crippen molar-refractivity contribution in [3.63, 3.8) is 0 Å². The summed E-state index contributed by atoms with van der Waals surface area (Å²) in [5, 5.41) is 0.726. The molecule has 0 spiro atoms. The van der Waals surface area contributed by atoms with Crippen molar-refractivity contribution in [1.82, 2.24) is 19.8 Å². The van der Waals surface area contributed by atoms with Crippen molar-refractivity contribution in [3.8, 4) is 0 Å². The molecule has 1 saturated heterocycles. The van der Waals surface area contributed by atoms with Gasteiger partial charge in [-0.05, 0) is 25.3 Å². The lowest BCUT2D eigenvalue weighted by Gasteiger charge is -2.35. The van der Waals surface area contributed by atoms with Crippen LogP contribution in [0.15, 0.2) is 35.4 Å². The highest BCUT2D eigenvalue weighted by Gasteiger charge is 2.28. The van der Waals surface area contributed by atoms with Crippen molar-refractivity contribution < 1.29 is 9.59 Å². The van der Waals surface area contributed by atoms with Crippen LogP contribution in [0.1, 0.15) is 52.0 Å². The van der Waals surface area contributed by atoms with E-state index in [-0.39, 0.29) is 17.7 Å². The van der Waals surface area contributed by atoms with Crippen molar-refractivity contribution in [2.24, 2.45) is 0 Å². The van der Waals surface area contributed by atoms with Gasteiger partial charge in [-0.3, -0.25) is 9.59 Å². The predicted molar refractivity (Wildman–Crippen MR) is 111 cm³/mol. The van der Waals surface area contributed by atoms with E-state index in [0.29, 0.717) is 37.3 Å². The zero-order valence-corrected chi connectivity index (χ0v) is 17.6. The number of carbonyl (C=O) groups is 2. The lowest BCUT2D eigenvalue weighted by Crippen LogP contribution is -2.50. The molecule has 1 aliphatic heterocycles. The number of hydrogen-bond acceptors (Lipinski definition) is 5. The molecule has 148 valence electrons. The molecule has 2 aromatic rings. The van der Waals surface area contributed by atoms with Crippen molar-refractivity contribution >= 4 is 23.6 Å². The number of rotatable bonds is 4. The number of thioether (sulfide) groups is 1. The van der Waals surface area contributed by atoms with E-state index in [2.05, 4.69) is 9.97 Å². The molecule has 0 aliphatic carbocycles. The Morgan fingerprint density at radius 1 is 0.964 bits per heavy atom. The summed E-state index contributed by atoms with van der Waals surface area (Å²) in [6.45, 7) is 8.03. The largest absolute Gasteiger partial charge is 0.335 e. The number of hydrogen-bond donors (Lipinski definition) is 0. The number of aryl methyl sites for hydroxylation is 1. The van der Waals surface area contributed by atoms with Crippen LogP contribution in [0.2, 0.25) is 0 Å². The Morgan fingerprint density at radius 3 is 2.07 bits per heavy atom. The molecule has 1 aromatic carbocycles. The van der Waals surface area contributed by atoms with E-state index in [0.717, 1.165) is 16.5 Å². The highest BCUT2D eigenvalue weighted by atomic mass is 32.2. The molecule has 0 bridgehead atoms. The molecule has 0 saturated carbocycles. The molecular formula is C21H26N4O2S. The van der Waals surface area contributed by atoms with Gasteiger partial charge in [0.25, 0.3) is 11.8 Å². The summed E-state index contributed by atoms with van der Waals surface area (Å²) in [5.41, 5.74) is 1.98. The molecule has 2 heterocycles. The summed E-state index contributed by atoms with van der Waals surface area (Å²) >= 11 is 1.47. The number of nitrogens with zero attached hydrogens (tertiary/aromatic N) is 4. The van der Waals surface area contributed by atoms with E-state index in [1.165, 1.54) is 11.8 Å². The van der Waals surface area contributed by atoms with Gasteiger partial charge < -0.3 is 9.80 Å². The van der Waals surface area contributed by atoms with Crippen molar-refractivity contribution in [3.05, 3.63) is 53.0 Å². The molecular weight excluding hydrogens is 372 g/mol. The third-order valence-corrected chi connectivity index (χ3v) is 5.55. The van der Waals surface area contributed by atoms with Gasteiger partial charge in [-0.1, -0.05) is 32.0 Å². The number of amides is 2. The third-order valence-electron chi connectivity index (χ3n) is 4.87. The fraction of sp³-hybridized carbons (Fsp3) is 0.429. The minimum Gasteiger partial charge on any atom is -0.335 e. The van der Waals surface area contributed by atoms with Gasteiger partial charge in [-0.15, -0.1) is 11.8 Å². The highest BCUT2D eigenvalue weighted by molar-refractivity contribution is 7.98. The Bertz CT molecular complexity index is 862. The molecule has 0 N–H and O–H groups in total. The van der Waals surface area contributed by atoms with Crippen molar-refractivity contribution in [1.29, 1.82) is 0 Å². The van der Waals surface area contributed by atoms with Gasteiger partial charge in [0.05, 0.1) is 11.3 Å². The normalized spacial score (nSPS) is 14.5. The first-order valence-corrected chi connectivity index (χ1v) is 10.7. The quantitative estimate of drug-likeness (QED) is 0.584. The Morgan fingerprint density at radius 2 is 1.54 bits per heavy atom. The van der Waals surface area contributed by atoms with Gasteiger partial charge in [0.2, 0.25) is 0 Å². The number of aromatic nitrogens is 2. The molecule has 0 radical (unpaired) electrons. The molecule has 1 aromatic heterocycles. The topological polar surface area (TPSA) is 66.4 Å². The van der Waals surface area contributed by atoms with Crippen LogP contribution in [0.5, 0.6) is 0 Å². The first kappa shape index (κ1) is 20.3. The maximum atomic E-state index is 13.2. The van der Waals surface area contributed by atoms with Crippen LogP contribution < -0.4 is 0 Å². The second-order valence-electron chi connectivity index (χ2n) is 7.16. The summed E-state index contributed by atoms with van der Waals surface area (Å²) in [7, 11) is 0. The zero-order chi connectivity index (χ0) is 20.3. The lowest BCUT2D eigenvalue weighted by atomic mass is 10.1. The maximum absolute atomic E-state index is 13.2. The zero-order valence-electron chi connectivity index (χ0n) is 16.8. The van der Waals surface area contributed by atoms with Gasteiger partial charge in [0.15, 0.2) is 0 Å². The second kappa shape index (κ2) is 8.73. The fourth-order valence-corrected chi connectivity index (χ4v) is 3.88. The van der Waals surface area contributed by atoms with Crippen LogP contribution in [-0.2, 0) is 0 Å². The maximum Gasteiger partial charge on any atom is 0.258 e. The summed E-state index contributed by atoms with van der Waals surface area (Å²) in [5.74, 6) is 0.931. The van der Waals surface area contributed by atoms with Crippen LogP contribution in [0.25, 0.3) is 0 Å². The average Bonchev–Trinajstić information content (AvgIpc) is 2.72. The van der Waals surface area contributed by atoms with E-state index in [9.17, 15) is 9.59 Å². The van der Waals surface area contributed by atoms with Crippen LogP contribution in [0, 0.1) is 6.92 Å². The Balaban J connectivity index is 1.73. The molecule has 7 heteroatoms. The van der Waals surface area contributed by atoms with Crippen LogP contribution in [-0.4, -0.2) is 64.0 Å². The standard InChI is InChI=1S/C21H26N4O2S/c1-14(2)18-22-15(3)17(19(23-18)28-4)21(27)25-12-10-24(11-13-25)20(26)16-8-6-5-7-9-16/h5-9,14H,10-13H2,1-4H3. The van der Waals surface area contributed by atoms with Crippen LogP contribution in [0.3, 0.4) is 0 Å². The summed E-state index contributed by atoms with van der Waals surface area (Å²) in [4.78, 5) is 38.5. The van der Waals surface area contributed by atoms with E-state index in [4.69, 9.17) is 0 Å². The summed E-state index contributed by atoms with van der Waals surface area (Å²) in [6, 6.07) is 9.26. The van der Waals surface area contributed by atoms with Gasteiger partial charge in [0, 0.05) is 37.7 Å². The number of benzene rings is 1. The van der Waals surface area contributed by atoms with E-state index >= 15 is 0 Å². The van der Waals surface area contributed by atoms with Crippen LogP contribution in [0.4, 0.5) is 0 Å². The number of piperazine rings is 1. The van der Waals surface area contributed by atoms with Gasteiger partial charge in [-0.25, -0.2) is 9.97 Å². The van der Waals surface area contributed by atoms with E-state index < -0.39 is 0 Å². The number of carbonyl (C=O) groups excluding carboxylic acids is 2. The smallest absolute Gasteiger partial charge is 0.258 e. The van der Waals surface area contributed by atoms with Gasteiger partial charge in [0.1, 0.15) is 10.9 Å². The minimum absolute atomic E-state index is 0.0123. The average molecular weight is 399 g/mol. The lowest BCUT2D eigenvalue weighted by molar-refractivity contribution is 0.0532. The molecule has 6 nitrogen and oxygen atoms in total. The summed E-state index contributed by atoms with van der Waals surface area (Å²) in [6.07, 6.45) is 1.93. The van der Waals surface area contributed by atoms with Gasteiger partial charge in [-0.2, -0.15) is 0 Å². The summed E-state index contributed by atoms with van der Waals surface area (Å²) < 4.78 is 0. The fourth-order valence-electron chi connectivity index (χ4n) is 3.25. The highest BCUT2D eigenvalue weighted by Crippen LogP contribution is 2.25. The molecule has 1 aliphatic rings. The molecule has 3 rings (SSSR count). The molecule has 1 fully saturated rings. The Hall–Kier alpha value is -2.41. The molecule has 0 atom stereocenters. The van der Waals surface area contributed by atoms with Crippen LogP contribution >= 0.6 is 11.8 Å². The SMILES string of the molecule is CSc1nc(C(C)C)nc(C)c1C(=O)N1CCN(C(=O)c2ccccc2)CC1. The molecule has 28 heavy (non-hydrogen) atoms. The van der Waals surface area contributed by atoms with Crippen molar-refractivity contribution in [2.45, 2.75) is 31.7 Å².